The van der Waals surface area contributed by atoms with Crippen molar-refractivity contribution >= 4 is 11.3 Å². The molecule has 0 saturated carbocycles. The van der Waals surface area contributed by atoms with E-state index in [9.17, 15) is 0 Å². The molecule has 2 aromatic rings. The van der Waals surface area contributed by atoms with Crippen LogP contribution in [0.25, 0.3) is 10.4 Å². The first kappa shape index (κ1) is 11.6. The van der Waals surface area contributed by atoms with E-state index in [0.29, 0.717) is 12.1 Å². The Kier molecular flexibility index (Phi) is 3.43. The van der Waals surface area contributed by atoms with Gasteiger partial charge in [-0.15, -0.1) is 11.3 Å². The van der Waals surface area contributed by atoms with Gasteiger partial charge in [0, 0.05) is 21.9 Å². The zero-order valence-electron chi connectivity index (χ0n) is 9.43. The minimum atomic E-state index is 0.533. The zero-order valence-corrected chi connectivity index (χ0v) is 10.3. The molecule has 1 aromatic heterocycles. The summed E-state index contributed by atoms with van der Waals surface area (Å²) in [5.41, 5.74) is 7.16. The molecule has 0 atom stereocenters. The number of rotatable bonds is 3. The van der Waals surface area contributed by atoms with Crippen molar-refractivity contribution in [1.82, 2.24) is 0 Å². The predicted octanol–water partition coefficient (Wildman–Crippen LogP) is 2.75. The summed E-state index contributed by atoms with van der Waals surface area (Å²) in [4.78, 5) is 2.18. The second-order valence-corrected chi connectivity index (χ2v) is 4.67. The number of hydrogen-bond acceptors (Lipinski definition) is 4. The number of ether oxygens (including phenoxy) is 1. The van der Waals surface area contributed by atoms with Crippen LogP contribution in [0.5, 0.6) is 5.75 Å². The second-order valence-electron chi connectivity index (χ2n) is 3.50. The van der Waals surface area contributed by atoms with Crippen LogP contribution in [0.15, 0.2) is 30.3 Å². The van der Waals surface area contributed by atoms with Crippen molar-refractivity contribution in [1.29, 1.82) is 5.26 Å². The van der Waals surface area contributed by atoms with Crippen molar-refractivity contribution in [3.05, 3.63) is 40.8 Å². The summed E-state index contributed by atoms with van der Waals surface area (Å²) in [5, 5.41) is 8.92. The van der Waals surface area contributed by atoms with E-state index in [1.165, 1.54) is 0 Å². The lowest BCUT2D eigenvalue weighted by Gasteiger charge is -2.06. The molecule has 0 fully saturated rings. The van der Waals surface area contributed by atoms with Gasteiger partial charge >= 0.3 is 0 Å². The number of hydrogen-bond donors (Lipinski definition) is 1. The molecule has 86 valence electrons. The van der Waals surface area contributed by atoms with Crippen LogP contribution in [0.4, 0.5) is 0 Å². The van der Waals surface area contributed by atoms with Gasteiger partial charge in [0.25, 0.3) is 0 Å². The third-order valence-electron chi connectivity index (χ3n) is 2.46. The van der Waals surface area contributed by atoms with E-state index in [2.05, 4.69) is 6.07 Å². The standard InChI is InChI=1S/C13H12N2OS/c1-16-12-4-2-9(7-14)6-11(12)13-5-3-10(8-15)17-13/h2-6H,8,15H2,1H3. The van der Waals surface area contributed by atoms with Crippen LogP contribution in [-0.2, 0) is 6.54 Å². The van der Waals surface area contributed by atoms with Crippen LogP contribution in [0.1, 0.15) is 10.4 Å². The Bertz CT molecular complexity index is 569. The fourth-order valence-electron chi connectivity index (χ4n) is 1.60. The topological polar surface area (TPSA) is 59.0 Å². The molecule has 2 rings (SSSR count). The van der Waals surface area contributed by atoms with Crippen molar-refractivity contribution in [2.75, 3.05) is 7.11 Å². The molecule has 0 unspecified atom stereocenters. The molecule has 0 aliphatic heterocycles. The Hall–Kier alpha value is -1.83. The van der Waals surface area contributed by atoms with E-state index in [-0.39, 0.29) is 0 Å². The summed E-state index contributed by atoms with van der Waals surface area (Å²) >= 11 is 1.62. The molecule has 0 radical (unpaired) electrons. The molecule has 0 spiro atoms. The number of thiophene rings is 1. The maximum atomic E-state index is 8.92. The lowest BCUT2D eigenvalue weighted by Crippen LogP contribution is -1.91. The maximum absolute atomic E-state index is 8.92. The normalized spacial score (nSPS) is 9.94. The van der Waals surface area contributed by atoms with Crippen molar-refractivity contribution in [2.45, 2.75) is 6.54 Å². The molecule has 2 N–H and O–H groups in total. The summed E-state index contributed by atoms with van der Waals surface area (Å²) in [7, 11) is 1.63. The SMILES string of the molecule is COc1ccc(C#N)cc1-c1ccc(CN)s1. The monoisotopic (exact) mass is 244 g/mol. The number of nitrogens with zero attached hydrogens (tertiary/aromatic N) is 1. The Morgan fingerprint density at radius 3 is 2.76 bits per heavy atom. The van der Waals surface area contributed by atoms with Crippen molar-refractivity contribution in [3.63, 3.8) is 0 Å². The van der Waals surface area contributed by atoms with E-state index < -0.39 is 0 Å². The van der Waals surface area contributed by atoms with Gasteiger partial charge in [-0.2, -0.15) is 5.26 Å². The van der Waals surface area contributed by atoms with Crippen molar-refractivity contribution in [3.8, 4) is 22.3 Å². The third-order valence-corrected chi connectivity index (χ3v) is 3.60. The molecular formula is C13H12N2OS. The van der Waals surface area contributed by atoms with Crippen LogP contribution < -0.4 is 10.5 Å². The van der Waals surface area contributed by atoms with Gasteiger partial charge in [0.1, 0.15) is 5.75 Å². The number of nitrogens with two attached hydrogens (primary N) is 1. The highest BCUT2D eigenvalue weighted by atomic mass is 32.1. The van der Waals surface area contributed by atoms with Crippen LogP contribution in [0, 0.1) is 11.3 Å². The first-order valence-corrected chi connectivity index (χ1v) is 5.97. The quantitative estimate of drug-likeness (QED) is 0.903. The third kappa shape index (κ3) is 2.31. The molecule has 0 saturated heterocycles. The van der Waals surface area contributed by atoms with Gasteiger partial charge in [-0.25, -0.2) is 0 Å². The van der Waals surface area contributed by atoms with Gasteiger partial charge in [-0.05, 0) is 30.3 Å². The van der Waals surface area contributed by atoms with Crippen molar-refractivity contribution in [2.24, 2.45) is 5.73 Å². The van der Waals surface area contributed by atoms with Gasteiger partial charge in [-0.3, -0.25) is 0 Å². The largest absolute Gasteiger partial charge is 0.496 e. The summed E-state index contributed by atoms with van der Waals surface area (Å²) in [6, 6.07) is 11.5. The van der Waals surface area contributed by atoms with Gasteiger partial charge in [-0.1, -0.05) is 0 Å². The van der Waals surface area contributed by atoms with Gasteiger partial charge < -0.3 is 10.5 Å². The Morgan fingerprint density at radius 1 is 1.35 bits per heavy atom. The average molecular weight is 244 g/mol. The van der Waals surface area contributed by atoms with Gasteiger partial charge in [0.05, 0.1) is 18.7 Å². The van der Waals surface area contributed by atoms with Crippen molar-refractivity contribution < 1.29 is 4.74 Å². The smallest absolute Gasteiger partial charge is 0.127 e. The Balaban J connectivity index is 2.52. The van der Waals surface area contributed by atoms with E-state index in [4.69, 9.17) is 15.7 Å². The van der Waals surface area contributed by atoms with Gasteiger partial charge in [0.15, 0.2) is 0 Å². The van der Waals surface area contributed by atoms with Crippen LogP contribution in [0.3, 0.4) is 0 Å². The van der Waals surface area contributed by atoms with E-state index in [1.54, 1.807) is 24.5 Å². The highest BCUT2D eigenvalue weighted by Gasteiger charge is 2.09. The van der Waals surface area contributed by atoms with E-state index in [1.807, 2.05) is 24.3 Å². The fourth-order valence-corrected chi connectivity index (χ4v) is 2.51. The molecule has 17 heavy (non-hydrogen) atoms. The molecule has 4 heteroatoms. The molecule has 0 amide bonds. The predicted molar refractivity (Wildman–Crippen MR) is 68.9 cm³/mol. The Morgan fingerprint density at radius 2 is 2.18 bits per heavy atom. The minimum absolute atomic E-state index is 0.533. The average Bonchev–Trinajstić information content (AvgIpc) is 2.86. The first-order valence-electron chi connectivity index (χ1n) is 5.15. The molecule has 0 bridgehead atoms. The van der Waals surface area contributed by atoms with E-state index in [0.717, 1.165) is 21.1 Å². The van der Waals surface area contributed by atoms with Crippen LogP contribution in [-0.4, -0.2) is 7.11 Å². The molecule has 3 nitrogen and oxygen atoms in total. The van der Waals surface area contributed by atoms with E-state index >= 15 is 0 Å². The highest BCUT2D eigenvalue weighted by Crippen LogP contribution is 2.35. The highest BCUT2D eigenvalue weighted by molar-refractivity contribution is 7.15. The fraction of sp³-hybridized carbons (Fsp3) is 0.154. The number of nitriles is 1. The first-order chi connectivity index (χ1) is 8.28. The lowest BCUT2D eigenvalue weighted by molar-refractivity contribution is 0.416. The zero-order chi connectivity index (χ0) is 12.3. The summed E-state index contributed by atoms with van der Waals surface area (Å²) in [6.45, 7) is 0.533. The number of benzene rings is 1. The Labute approximate surface area is 104 Å². The second kappa shape index (κ2) is 5.00. The van der Waals surface area contributed by atoms with Crippen LogP contribution >= 0.6 is 11.3 Å². The summed E-state index contributed by atoms with van der Waals surface area (Å²) in [6.07, 6.45) is 0. The maximum Gasteiger partial charge on any atom is 0.127 e. The molecule has 1 aromatic carbocycles. The molecular weight excluding hydrogens is 232 g/mol. The lowest BCUT2D eigenvalue weighted by atomic mass is 10.1. The van der Waals surface area contributed by atoms with Crippen LogP contribution in [0.2, 0.25) is 0 Å². The summed E-state index contributed by atoms with van der Waals surface area (Å²) < 4.78 is 5.31. The molecule has 0 aliphatic carbocycles. The molecule has 0 aliphatic rings. The van der Waals surface area contributed by atoms with Gasteiger partial charge in [0.2, 0.25) is 0 Å². The summed E-state index contributed by atoms with van der Waals surface area (Å²) in [5.74, 6) is 0.773. The minimum Gasteiger partial charge on any atom is -0.496 e. The molecule has 1 heterocycles. The number of methoxy groups -OCH3 is 1.